The molecule has 0 spiro atoms. The molecule has 0 saturated carbocycles. The third-order valence-corrected chi connectivity index (χ3v) is 3.68. The smallest absolute Gasteiger partial charge is 0.297 e. The largest absolute Gasteiger partial charge is 0.404 e. The van der Waals surface area contributed by atoms with Crippen LogP contribution in [0.3, 0.4) is 0 Å². The molecule has 2 heterocycles. The second kappa shape index (κ2) is 10.3. The molecular weight excluding hydrogens is 368 g/mol. The summed E-state index contributed by atoms with van der Waals surface area (Å²) in [7, 11) is 1.64. The molecule has 0 aliphatic rings. The Balaban J connectivity index is 2.15. The van der Waals surface area contributed by atoms with E-state index >= 15 is 0 Å². The lowest BCUT2D eigenvalue weighted by atomic mass is 10.0. The van der Waals surface area contributed by atoms with Gasteiger partial charge in [-0.2, -0.15) is 0 Å². The zero-order valence-electron chi connectivity index (χ0n) is 15.7. The van der Waals surface area contributed by atoms with Crippen molar-refractivity contribution in [2.24, 2.45) is 10.7 Å². The fraction of sp³-hybridized carbons (Fsp3) is 0.333. The van der Waals surface area contributed by atoms with Crippen molar-refractivity contribution in [2.45, 2.75) is 19.8 Å². The van der Waals surface area contributed by atoms with Crippen molar-refractivity contribution in [3.63, 3.8) is 0 Å². The highest BCUT2D eigenvalue weighted by Crippen LogP contribution is 2.23. The van der Waals surface area contributed by atoms with Crippen LogP contribution >= 0.6 is 0 Å². The van der Waals surface area contributed by atoms with Crippen LogP contribution in [0.5, 0.6) is 0 Å². The Kier molecular flexibility index (Phi) is 7.76. The molecule has 0 aliphatic carbocycles. The molecule has 0 radical (unpaired) electrons. The summed E-state index contributed by atoms with van der Waals surface area (Å²) < 4.78 is 30.6. The number of alkyl halides is 2. The fourth-order valence-corrected chi connectivity index (χ4v) is 2.37. The number of hydrogen-bond donors (Lipinski definition) is 3. The Morgan fingerprint density at radius 1 is 1.32 bits per heavy atom. The van der Waals surface area contributed by atoms with Crippen molar-refractivity contribution < 1.29 is 13.5 Å². The molecule has 5 N–H and O–H groups in total. The van der Waals surface area contributed by atoms with Gasteiger partial charge in [-0.3, -0.25) is 4.99 Å². The number of halogens is 2. The van der Waals surface area contributed by atoms with Crippen LogP contribution in [0.15, 0.2) is 29.5 Å². The molecule has 0 fully saturated rings. The maximum Gasteiger partial charge on any atom is 0.297 e. The van der Waals surface area contributed by atoms with E-state index in [0.29, 0.717) is 19.0 Å². The van der Waals surface area contributed by atoms with E-state index in [4.69, 9.17) is 16.2 Å². The number of allylic oxidation sites excluding steroid dienone is 1. The van der Waals surface area contributed by atoms with Gasteiger partial charge in [0.05, 0.1) is 0 Å². The number of aryl methyl sites for hydroxylation is 1. The number of nitrogens with zero attached hydrogens (tertiary/aromatic N) is 4. The first-order valence-electron chi connectivity index (χ1n) is 8.52. The van der Waals surface area contributed by atoms with E-state index < -0.39 is 12.2 Å². The van der Waals surface area contributed by atoms with E-state index in [9.17, 15) is 8.78 Å². The van der Waals surface area contributed by atoms with Crippen molar-refractivity contribution in [1.82, 2.24) is 15.0 Å². The quantitative estimate of drug-likeness (QED) is 0.443. The summed E-state index contributed by atoms with van der Waals surface area (Å²) in [5.41, 5.74) is 13.7. The maximum absolute atomic E-state index is 12.8. The number of rotatable bonds is 9. The number of aromatic nitrogens is 3. The van der Waals surface area contributed by atoms with Crippen molar-refractivity contribution in [2.75, 3.05) is 31.3 Å². The average molecular weight is 391 g/mol. The van der Waals surface area contributed by atoms with Crippen LogP contribution in [0.25, 0.3) is 5.57 Å². The second-order valence-corrected chi connectivity index (χ2v) is 5.85. The van der Waals surface area contributed by atoms with Crippen molar-refractivity contribution in [3.05, 3.63) is 41.5 Å². The summed E-state index contributed by atoms with van der Waals surface area (Å²) in [6, 6.07) is 3.10. The van der Waals surface area contributed by atoms with Gasteiger partial charge in [-0.25, -0.2) is 23.7 Å². The Morgan fingerprint density at radius 3 is 2.75 bits per heavy atom. The minimum atomic E-state index is -2.82. The van der Waals surface area contributed by atoms with Gasteiger partial charge in [-0.05, 0) is 25.0 Å². The summed E-state index contributed by atoms with van der Waals surface area (Å²) in [6.07, 6.45) is 2.76. The SMILES string of the molecule is COCCCN=C/C(=C\N)c1cnc(Nc2cc(N)nc(C(F)F)n2)cc1C. The monoisotopic (exact) mass is 391 g/mol. The molecule has 10 heteroatoms. The molecule has 0 aromatic carbocycles. The second-order valence-electron chi connectivity index (χ2n) is 5.85. The van der Waals surface area contributed by atoms with Crippen molar-refractivity contribution in [3.8, 4) is 0 Å². The normalized spacial score (nSPS) is 12.1. The first-order chi connectivity index (χ1) is 13.4. The molecule has 0 amide bonds. The number of anilines is 3. The molecule has 0 saturated heterocycles. The predicted octanol–water partition coefficient (Wildman–Crippen LogP) is 2.85. The van der Waals surface area contributed by atoms with Crippen LogP contribution in [-0.4, -0.2) is 41.4 Å². The number of pyridine rings is 1. The third kappa shape index (κ3) is 5.95. The van der Waals surface area contributed by atoms with Gasteiger partial charge < -0.3 is 21.5 Å². The van der Waals surface area contributed by atoms with Gasteiger partial charge in [0.2, 0.25) is 0 Å². The van der Waals surface area contributed by atoms with Gasteiger partial charge in [-0.1, -0.05) is 0 Å². The Labute approximate surface area is 161 Å². The summed E-state index contributed by atoms with van der Waals surface area (Å²) in [5.74, 6) is -0.141. The minimum absolute atomic E-state index is 0.0563. The molecule has 8 nitrogen and oxygen atoms in total. The van der Waals surface area contributed by atoms with Crippen LogP contribution in [0.1, 0.15) is 29.8 Å². The highest BCUT2D eigenvalue weighted by atomic mass is 19.3. The standard InChI is InChI=1S/C18H23F2N7O/c1-11-6-15(26-16-7-14(22)25-18(27-16)17(19)20)24-10-13(11)12(8-21)9-23-4-3-5-28-2/h6-10,17H,3-5,21H2,1-2H3,(H3,22,24,25,26,27)/b12-8+,23-9?. The molecule has 150 valence electrons. The topological polar surface area (TPSA) is 124 Å². The van der Waals surface area contributed by atoms with Gasteiger partial charge >= 0.3 is 0 Å². The van der Waals surface area contributed by atoms with Crippen LogP contribution in [-0.2, 0) is 4.74 Å². The molecular formula is C18H23F2N7O. The summed E-state index contributed by atoms with van der Waals surface area (Å²) in [6.45, 7) is 3.14. The molecule has 2 rings (SSSR count). The number of methoxy groups -OCH3 is 1. The summed E-state index contributed by atoms with van der Waals surface area (Å²) in [5, 5.41) is 2.86. The first-order valence-corrected chi connectivity index (χ1v) is 8.52. The zero-order valence-corrected chi connectivity index (χ0v) is 15.7. The Morgan fingerprint density at radius 2 is 2.11 bits per heavy atom. The number of nitrogens with one attached hydrogen (secondary N) is 1. The van der Waals surface area contributed by atoms with Gasteiger partial charge in [0.1, 0.15) is 17.5 Å². The van der Waals surface area contributed by atoms with E-state index in [1.54, 1.807) is 25.6 Å². The average Bonchev–Trinajstić information content (AvgIpc) is 2.65. The van der Waals surface area contributed by atoms with Crippen molar-refractivity contribution >= 4 is 29.2 Å². The molecule has 2 aromatic rings. The van der Waals surface area contributed by atoms with Crippen LogP contribution in [0.2, 0.25) is 0 Å². The van der Waals surface area contributed by atoms with Gasteiger partial charge in [0, 0.05) is 56.1 Å². The molecule has 0 bridgehead atoms. The number of ether oxygens (including phenoxy) is 1. The minimum Gasteiger partial charge on any atom is -0.404 e. The van der Waals surface area contributed by atoms with E-state index in [0.717, 1.165) is 23.1 Å². The van der Waals surface area contributed by atoms with Gasteiger partial charge in [0.15, 0.2) is 5.82 Å². The number of nitrogens with two attached hydrogens (primary N) is 2. The predicted molar refractivity (Wildman–Crippen MR) is 106 cm³/mol. The van der Waals surface area contributed by atoms with E-state index in [1.165, 1.54) is 12.3 Å². The lowest BCUT2D eigenvalue weighted by Gasteiger charge is -2.11. The highest BCUT2D eigenvalue weighted by Gasteiger charge is 2.13. The molecule has 0 atom stereocenters. The highest BCUT2D eigenvalue weighted by molar-refractivity contribution is 6.10. The van der Waals surface area contributed by atoms with E-state index in [1.807, 2.05) is 6.92 Å². The summed E-state index contributed by atoms with van der Waals surface area (Å²) >= 11 is 0. The van der Waals surface area contributed by atoms with E-state index in [2.05, 4.69) is 25.3 Å². The fourth-order valence-electron chi connectivity index (χ4n) is 2.37. The van der Waals surface area contributed by atoms with Crippen LogP contribution in [0, 0.1) is 6.92 Å². The lowest BCUT2D eigenvalue weighted by molar-refractivity contribution is 0.140. The van der Waals surface area contributed by atoms with Crippen LogP contribution < -0.4 is 16.8 Å². The lowest BCUT2D eigenvalue weighted by Crippen LogP contribution is -2.05. The van der Waals surface area contributed by atoms with Gasteiger partial charge in [0.25, 0.3) is 6.43 Å². The first kappa shape index (κ1) is 21.2. The molecule has 2 aromatic heterocycles. The number of nitrogen functional groups attached to an aromatic ring is 1. The molecule has 0 unspecified atom stereocenters. The third-order valence-electron chi connectivity index (χ3n) is 3.68. The van der Waals surface area contributed by atoms with Gasteiger partial charge in [-0.15, -0.1) is 0 Å². The molecule has 0 aliphatic heterocycles. The summed E-state index contributed by atoms with van der Waals surface area (Å²) in [4.78, 5) is 15.9. The van der Waals surface area contributed by atoms with Crippen LogP contribution in [0.4, 0.5) is 26.2 Å². The number of hydrogen-bond acceptors (Lipinski definition) is 8. The van der Waals surface area contributed by atoms with E-state index in [-0.39, 0.29) is 11.6 Å². The van der Waals surface area contributed by atoms with Crippen molar-refractivity contribution in [1.29, 1.82) is 0 Å². The Bertz CT molecular complexity index is 856. The maximum atomic E-state index is 12.8. The Hall–Kier alpha value is -3.14. The zero-order chi connectivity index (χ0) is 20.5. The number of aliphatic imine (C=N–C) groups is 1. The molecule has 28 heavy (non-hydrogen) atoms.